The first kappa shape index (κ1) is 32.9. The Hall–Kier alpha value is -2.04. The van der Waals surface area contributed by atoms with Gasteiger partial charge in [-0.1, -0.05) is 69.2 Å². The van der Waals surface area contributed by atoms with Crippen LogP contribution in [0.25, 0.3) is 11.1 Å². The van der Waals surface area contributed by atoms with Crippen molar-refractivity contribution in [3.63, 3.8) is 0 Å². The first-order valence-electron chi connectivity index (χ1n) is 16.8. The molecule has 2 fully saturated rings. The van der Waals surface area contributed by atoms with E-state index in [2.05, 4.69) is 93.5 Å². The summed E-state index contributed by atoms with van der Waals surface area (Å²) in [6.45, 7) is 26.2. The molecule has 2 aliphatic rings. The summed E-state index contributed by atoms with van der Waals surface area (Å²) in [6.07, 6.45) is 5.35. The summed E-state index contributed by atoms with van der Waals surface area (Å²) in [7, 11) is 0. The maximum atomic E-state index is 6.60. The van der Waals surface area contributed by atoms with Gasteiger partial charge in [-0.05, 0) is 119 Å². The topological polar surface area (TPSA) is 43.5 Å². The molecule has 4 nitrogen and oxygen atoms in total. The van der Waals surface area contributed by atoms with Crippen LogP contribution in [0.15, 0.2) is 24.3 Å². The van der Waals surface area contributed by atoms with Crippen molar-refractivity contribution < 1.29 is 18.9 Å². The fraction of sp³-hybridized carbons (Fsp3) is 0.684. The Balaban J connectivity index is 1.61. The lowest BCUT2D eigenvalue weighted by molar-refractivity contribution is 0.270. The lowest BCUT2D eigenvalue weighted by Crippen LogP contribution is -2.10. The molecule has 2 aromatic rings. The molecule has 234 valence electrons. The number of hydrogen-bond acceptors (Lipinski definition) is 4. The van der Waals surface area contributed by atoms with E-state index < -0.39 is 0 Å². The van der Waals surface area contributed by atoms with E-state index in [4.69, 9.17) is 18.9 Å². The molecule has 0 radical (unpaired) electrons. The molecule has 2 aromatic carbocycles. The number of ether oxygens (including phenoxy) is 4. The minimum Gasteiger partial charge on any atom is -0.493 e. The zero-order chi connectivity index (χ0) is 30.6. The highest BCUT2D eigenvalue weighted by molar-refractivity contribution is 5.72. The minimum atomic E-state index is 0.372. The number of hydrogen-bond donors (Lipinski definition) is 0. The number of rotatable bonds is 17. The predicted molar refractivity (Wildman–Crippen MR) is 175 cm³/mol. The van der Waals surface area contributed by atoms with Crippen LogP contribution in [0.2, 0.25) is 0 Å². The molecule has 0 saturated carbocycles. The van der Waals surface area contributed by atoms with Crippen LogP contribution >= 0.6 is 0 Å². The summed E-state index contributed by atoms with van der Waals surface area (Å²) >= 11 is 0. The van der Waals surface area contributed by atoms with Gasteiger partial charge in [0.1, 0.15) is 11.5 Å². The van der Waals surface area contributed by atoms with Crippen LogP contribution in [-0.2, 0) is 9.47 Å². The van der Waals surface area contributed by atoms with E-state index in [-0.39, 0.29) is 0 Å². The van der Waals surface area contributed by atoms with Crippen molar-refractivity contribution in [2.24, 2.45) is 11.8 Å². The first-order chi connectivity index (χ1) is 20.0. The second-order valence-electron chi connectivity index (χ2n) is 14.3. The highest BCUT2D eigenvalue weighted by Gasteiger charge is 2.30. The van der Waals surface area contributed by atoms with Gasteiger partial charge in [0.05, 0.1) is 38.6 Å². The van der Waals surface area contributed by atoms with Gasteiger partial charge in [-0.3, -0.25) is 0 Å². The predicted octanol–water partition coefficient (Wildman–Crippen LogP) is 10.2. The van der Waals surface area contributed by atoms with Crippen molar-refractivity contribution >= 4 is 0 Å². The highest BCUT2D eigenvalue weighted by atomic mass is 16.6. The zero-order valence-electron chi connectivity index (χ0n) is 28.2. The monoisotopic (exact) mass is 578 g/mol. The van der Waals surface area contributed by atoms with Crippen molar-refractivity contribution in [3.05, 3.63) is 46.5 Å². The SMILES string of the molecule is CC(C)c1cc(-c2cc(C(C)C)c(OCCCC(C)C3CO3)c(C(C)C)c2)cc(C(C)C)c1OCCCC(C)C1CO1. The van der Waals surface area contributed by atoms with Crippen LogP contribution in [0.5, 0.6) is 11.5 Å². The van der Waals surface area contributed by atoms with Crippen molar-refractivity contribution in [2.75, 3.05) is 26.4 Å². The van der Waals surface area contributed by atoms with Crippen molar-refractivity contribution in [1.82, 2.24) is 0 Å². The van der Waals surface area contributed by atoms with Gasteiger partial charge >= 0.3 is 0 Å². The van der Waals surface area contributed by atoms with E-state index in [1.807, 2.05) is 0 Å². The van der Waals surface area contributed by atoms with Gasteiger partial charge in [-0.25, -0.2) is 0 Å². The van der Waals surface area contributed by atoms with Crippen LogP contribution < -0.4 is 9.47 Å². The third-order valence-corrected chi connectivity index (χ3v) is 9.20. The number of epoxide rings is 2. The normalized spacial score (nSPS) is 19.6. The largest absolute Gasteiger partial charge is 0.493 e. The molecule has 2 saturated heterocycles. The molecular formula is C38H58O4. The maximum absolute atomic E-state index is 6.60. The van der Waals surface area contributed by atoms with Gasteiger partial charge in [-0.2, -0.15) is 0 Å². The molecule has 0 aliphatic carbocycles. The molecular weight excluding hydrogens is 520 g/mol. The summed E-state index contributed by atoms with van der Waals surface area (Å²) in [4.78, 5) is 0. The van der Waals surface area contributed by atoms with Gasteiger partial charge in [0.25, 0.3) is 0 Å². The fourth-order valence-corrected chi connectivity index (χ4v) is 6.03. The Labute approximate surface area is 256 Å². The van der Waals surface area contributed by atoms with Crippen LogP contribution in [0.3, 0.4) is 0 Å². The Morgan fingerprint density at radius 2 is 0.833 bits per heavy atom. The molecule has 0 amide bonds. The fourth-order valence-electron chi connectivity index (χ4n) is 6.03. The van der Waals surface area contributed by atoms with E-state index in [0.29, 0.717) is 47.7 Å². The third kappa shape index (κ3) is 8.53. The molecule has 0 spiro atoms. The lowest BCUT2D eigenvalue weighted by Gasteiger charge is -2.25. The Morgan fingerprint density at radius 3 is 1.07 bits per heavy atom. The molecule has 2 heterocycles. The van der Waals surface area contributed by atoms with Crippen molar-refractivity contribution in [2.45, 2.75) is 131 Å². The Kier molecular flexibility index (Phi) is 11.4. The van der Waals surface area contributed by atoms with Crippen LogP contribution in [0.1, 0.15) is 141 Å². The van der Waals surface area contributed by atoms with Gasteiger partial charge < -0.3 is 18.9 Å². The van der Waals surface area contributed by atoms with Gasteiger partial charge in [-0.15, -0.1) is 0 Å². The molecule has 4 unspecified atom stereocenters. The smallest absolute Gasteiger partial charge is 0.126 e. The summed E-state index contributed by atoms with van der Waals surface area (Å²) in [5.41, 5.74) is 7.79. The molecule has 0 bridgehead atoms. The second kappa shape index (κ2) is 14.6. The quantitative estimate of drug-likeness (QED) is 0.138. The van der Waals surface area contributed by atoms with Crippen LogP contribution in [0, 0.1) is 11.8 Å². The van der Waals surface area contributed by atoms with E-state index in [1.54, 1.807) is 0 Å². The van der Waals surface area contributed by atoms with Crippen LogP contribution in [0.4, 0.5) is 0 Å². The maximum Gasteiger partial charge on any atom is 0.126 e. The van der Waals surface area contributed by atoms with Crippen LogP contribution in [-0.4, -0.2) is 38.6 Å². The summed E-state index contributed by atoms with van der Waals surface area (Å²) in [5, 5.41) is 0. The second-order valence-corrected chi connectivity index (χ2v) is 14.3. The molecule has 4 rings (SSSR count). The van der Waals surface area contributed by atoms with Gasteiger partial charge in [0.15, 0.2) is 0 Å². The molecule has 0 N–H and O–H groups in total. The van der Waals surface area contributed by atoms with E-state index in [0.717, 1.165) is 63.6 Å². The summed E-state index contributed by atoms with van der Waals surface area (Å²) in [5.74, 6) is 4.91. The number of benzene rings is 2. The molecule has 0 aromatic heterocycles. The highest BCUT2D eigenvalue weighted by Crippen LogP contribution is 2.43. The lowest BCUT2D eigenvalue weighted by atomic mass is 9.86. The Bertz CT molecular complexity index is 1010. The average molecular weight is 579 g/mol. The standard InChI is InChI=1S/C38H58O4/c1-23(2)31-17-29(18-32(24(3)4)37(31)39-15-11-13-27(9)35-21-41-35)30-19-33(25(5)6)38(34(20-30)26(7)8)40-16-12-14-28(10)36-22-42-36/h17-20,23-28,35-36H,11-16,21-22H2,1-10H3. The van der Waals surface area contributed by atoms with Gasteiger partial charge in [0, 0.05) is 0 Å². The molecule has 2 aliphatic heterocycles. The first-order valence-corrected chi connectivity index (χ1v) is 16.8. The van der Waals surface area contributed by atoms with Crippen molar-refractivity contribution in [3.8, 4) is 22.6 Å². The zero-order valence-corrected chi connectivity index (χ0v) is 28.2. The molecule has 42 heavy (non-hydrogen) atoms. The summed E-state index contributed by atoms with van der Waals surface area (Å²) < 4.78 is 24.2. The van der Waals surface area contributed by atoms with E-state index in [1.165, 1.54) is 33.4 Å². The third-order valence-electron chi connectivity index (χ3n) is 9.20. The Morgan fingerprint density at radius 1 is 0.548 bits per heavy atom. The molecule has 4 heteroatoms. The minimum absolute atomic E-state index is 0.372. The van der Waals surface area contributed by atoms with E-state index in [9.17, 15) is 0 Å². The summed E-state index contributed by atoms with van der Waals surface area (Å²) in [6, 6.07) is 9.55. The molecule has 4 atom stereocenters. The van der Waals surface area contributed by atoms with E-state index >= 15 is 0 Å². The van der Waals surface area contributed by atoms with Crippen molar-refractivity contribution in [1.29, 1.82) is 0 Å². The van der Waals surface area contributed by atoms with Gasteiger partial charge in [0.2, 0.25) is 0 Å². The average Bonchev–Trinajstić information content (AvgIpc) is 3.85.